The molecule has 0 radical (unpaired) electrons. The molecule has 3 rings (SSSR count). The smallest absolute Gasteiger partial charge is 0.421 e. The molecule has 178 valence electrons. The van der Waals surface area contributed by atoms with Crippen LogP contribution in [0.5, 0.6) is 5.75 Å². The molecule has 7 heteroatoms. The molecular formula is C26H29F3O2S2. The second kappa shape index (κ2) is 10.9. The average Bonchev–Trinajstić information content (AvgIpc) is 3.09. The predicted molar refractivity (Wildman–Crippen MR) is 133 cm³/mol. The molecule has 1 heterocycles. The Labute approximate surface area is 199 Å². The van der Waals surface area contributed by atoms with E-state index in [-0.39, 0.29) is 10.9 Å². The quantitative estimate of drug-likeness (QED) is 0.153. The largest absolute Gasteiger partial charge is 0.426 e. The summed E-state index contributed by atoms with van der Waals surface area (Å²) >= 11 is 1.63. The molecule has 0 amide bonds. The zero-order chi connectivity index (χ0) is 24.1. The van der Waals surface area contributed by atoms with E-state index >= 15 is 0 Å². The maximum Gasteiger partial charge on any atom is 0.421 e. The van der Waals surface area contributed by atoms with E-state index in [9.17, 15) is 18.0 Å². The number of carbonyl (C=O) groups is 1. The number of allylic oxidation sites excluding steroid dienone is 3. The lowest BCUT2D eigenvalue weighted by molar-refractivity contribution is -0.131. The molecule has 0 saturated heterocycles. The Morgan fingerprint density at radius 1 is 1.12 bits per heavy atom. The molecule has 0 spiro atoms. The summed E-state index contributed by atoms with van der Waals surface area (Å²) in [6.45, 7) is 5.13. The Morgan fingerprint density at radius 3 is 2.48 bits per heavy atom. The molecule has 2 aromatic carbocycles. The van der Waals surface area contributed by atoms with Crippen molar-refractivity contribution in [2.24, 2.45) is 0 Å². The third-order valence-corrected chi connectivity index (χ3v) is 10.3. The first-order chi connectivity index (χ1) is 15.6. The summed E-state index contributed by atoms with van der Waals surface area (Å²) in [6.07, 6.45) is -1.58. The number of alkyl halides is 3. The van der Waals surface area contributed by atoms with Gasteiger partial charge in [0.05, 0.1) is 4.91 Å². The van der Waals surface area contributed by atoms with E-state index in [0.717, 1.165) is 28.2 Å². The normalized spacial score (nSPS) is 20.1. The summed E-state index contributed by atoms with van der Waals surface area (Å²) in [6, 6.07) is 15.2. The van der Waals surface area contributed by atoms with Gasteiger partial charge in [0.2, 0.25) is 0 Å². The molecule has 0 N–H and O–H groups in total. The van der Waals surface area contributed by atoms with Gasteiger partial charge in [-0.1, -0.05) is 37.3 Å². The van der Waals surface area contributed by atoms with Gasteiger partial charge in [-0.2, -0.15) is 23.2 Å². The van der Waals surface area contributed by atoms with Gasteiger partial charge < -0.3 is 4.74 Å². The lowest BCUT2D eigenvalue weighted by Crippen LogP contribution is -2.19. The number of halogens is 3. The van der Waals surface area contributed by atoms with Gasteiger partial charge in [0.15, 0.2) is 0 Å². The number of thioether (sulfide) groups is 1. The highest BCUT2D eigenvalue weighted by Crippen LogP contribution is 2.67. The minimum absolute atomic E-state index is 0.356. The van der Waals surface area contributed by atoms with Crippen molar-refractivity contribution in [3.8, 4) is 5.75 Å². The number of rotatable bonds is 9. The van der Waals surface area contributed by atoms with E-state index in [2.05, 4.69) is 0 Å². The van der Waals surface area contributed by atoms with Crippen molar-refractivity contribution in [1.82, 2.24) is 0 Å². The molecule has 0 aromatic heterocycles. The van der Waals surface area contributed by atoms with E-state index in [4.69, 9.17) is 4.74 Å². The number of hydrogen-bond acceptors (Lipinski definition) is 3. The zero-order valence-corrected chi connectivity index (χ0v) is 20.7. The van der Waals surface area contributed by atoms with Gasteiger partial charge in [0.1, 0.15) is 5.75 Å². The minimum atomic E-state index is -4.33. The van der Waals surface area contributed by atoms with E-state index in [1.807, 2.05) is 54.8 Å². The molecule has 1 unspecified atom stereocenters. The number of esters is 1. The lowest BCUT2D eigenvalue weighted by atomic mass is 10.1. The Hall–Kier alpha value is -2.12. The monoisotopic (exact) mass is 494 g/mol. The van der Waals surface area contributed by atoms with Gasteiger partial charge >= 0.3 is 12.1 Å². The number of aryl methyl sites for hydroxylation is 1. The van der Waals surface area contributed by atoms with Crippen molar-refractivity contribution >= 4 is 27.8 Å². The Balaban J connectivity index is 1.72. The highest BCUT2D eigenvalue weighted by atomic mass is 32.3. The maximum absolute atomic E-state index is 14.0. The SMILES string of the molecule is CCc1cc(SCCCS2(Cc3ccccc3)C=C(C)C=C2C(F)(F)F)ccc1OC(C)=O. The van der Waals surface area contributed by atoms with Crippen molar-refractivity contribution in [2.45, 2.75) is 50.4 Å². The minimum Gasteiger partial charge on any atom is -0.426 e. The number of ether oxygens (including phenoxy) is 1. The fourth-order valence-corrected chi connectivity index (χ4v) is 9.06. The van der Waals surface area contributed by atoms with E-state index in [0.29, 0.717) is 29.2 Å². The van der Waals surface area contributed by atoms with Crippen molar-refractivity contribution in [3.05, 3.63) is 81.6 Å². The third kappa shape index (κ3) is 6.70. The second-order valence-electron chi connectivity index (χ2n) is 8.07. The molecule has 2 aromatic rings. The van der Waals surface area contributed by atoms with E-state index < -0.39 is 16.2 Å². The van der Waals surface area contributed by atoms with Crippen LogP contribution in [0.1, 0.15) is 38.3 Å². The zero-order valence-electron chi connectivity index (χ0n) is 19.1. The van der Waals surface area contributed by atoms with Crippen LogP contribution in [0.2, 0.25) is 0 Å². The van der Waals surface area contributed by atoms with Gasteiger partial charge in [0.25, 0.3) is 0 Å². The first-order valence-electron chi connectivity index (χ1n) is 10.9. The van der Waals surface area contributed by atoms with Crippen LogP contribution in [-0.4, -0.2) is 23.7 Å². The highest BCUT2D eigenvalue weighted by molar-refractivity contribution is 8.38. The summed E-state index contributed by atoms with van der Waals surface area (Å²) in [7, 11) is -2.15. The molecule has 33 heavy (non-hydrogen) atoms. The summed E-state index contributed by atoms with van der Waals surface area (Å²) < 4.78 is 47.2. The lowest BCUT2D eigenvalue weighted by Gasteiger charge is -2.38. The van der Waals surface area contributed by atoms with Crippen LogP contribution in [0.4, 0.5) is 13.2 Å². The summed E-state index contributed by atoms with van der Waals surface area (Å²) in [5.41, 5.74) is 2.59. The Bertz CT molecular complexity index is 1050. The van der Waals surface area contributed by atoms with Gasteiger partial charge in [-0.05, 0) is 77.7 Å². The summed E-state index contributed by atoms with van der Waals surface area (Å²) in [5, 5.41) is 1.89. The molecule has 0 saturated carbocycles. The highest BCUT2D eigenvalue weighted by Gasteiger charge is 2.46. The van der Waals surface area contributed by atoms with Crippen molar-refractivity contribution in [1.29, 1.82) is 0 Å². The molecule has 0 aliphatic carbocycles. The van der Waals surface area contributed by atoms with Crippen LogP contribution >= 0.6 is 21.8 Å². The van der Waals surface area contributed by atoms with Crippen LogP contribution in [-0.2, 0) is 17.0 Å². The van der Waals surface area contributed by atoms with Crippen molar-refractivity contribution in [3.63, 3.8) is 0 Å². The summed E-state index contributed by atoms with van der Waals surface area (Å²) in [5.74, 6) is 1.84. The standard InChI is InChI=1S/C26H29F3O2S2/c1-4-22-16-23(11-12-24(22)31-20(3)30)32-13-8-14-33(18-21-9-6-5-7-10-21)17-19(2)15-25(33)26(27,28)29/h5-7,9-12,15-17H,4,8,13-14,18H2,1-3H3. The summed E-state index contributed by atoms with van der Waals surface area (Å²) in [4.78, 5) is 11.9. The number of hydrogen-bond donors (Lipinski definition) is 0. The van der Waals surface area contributed by atoms with E-state index in [1.165, 1.54) is 13.0 Å². The maximum atomic E-state index is 14.0. The average molecular weight is 495 g/mol. The Morgan fingerprint density at radius 2 is 1.85 bits per heavy atom. The van der Waals surface area contributed by atoms with E-state index in [1.54, 1.807) is 24.8 Å². The fourth-order valence-electron chi connectivity index (χ4n) is 4.00. The van der Waals surface area contributed by atoms with Crippen molar-refractivity contribution in [2.75, 3.05) is 11.5 Å². The van der Waals surface area contributed by atoms with Crippen LogP contribution in [0.15, 0.2) is 75.4 Å². The Kier molecular flexibility index (Phi) is 8.40. The predicted octanol–water partition coefficient (Wildman–Crippen LogP) is 8.02. The van der Waals surface area contributed by atoms with Crippen LogP contribution in [0.25, 0.3) is 0 Å². The van der Waals surface area contributed by atoms with Crippen LogP contribution < -0.4 is 4.74 Å². The molecule has 1 aliphatic rings. The van der Waals surface area contributed by atoms with Gasteiger partial charge in [-0.3, -0.25) is 4.79 Å². The second-order valence-corrected chi connectivity index (χ2v) is 12.5. The molecule has 2 nitrogen and oxygen atoms in total. The fraction of sp³-hybridized carbons (Fsp3) is 0.346. The van der Waals surface area contributed by atoms with Crippen molar-refractivity contribution < 1.29 is 22.7 Å². The molecule has 0 fully saturated rings. The number of carbonyl (C=O) groups excluding carboxylic acids is 1. The molecular weight excluding hydrogens is 465 g/mol. The van der Waals surface area contributed by atoms with Gasteiger partial charge in [-0.25, -0.2) is 0 Å². The first-order valence-corrected chi connectivity index (χ1v) is 13.9. The third-order valence-electron chi connectivity index (χ3n) is 5.34. The topological polar surface area (TPSA) is 26.3 Å². The van der Waals surface area contributed by atoms with Gasteiger partial charge in [-0.15, -0.1) is 11.8 Å². The van der Waals surface area contributed by atoms with Crippen LogP contribution in [0, 0.1) is 0 Å². The first kappa shape index (κ1) is 25.5. The molecule has 1 atom stereocenters. The van der Waals surface area contributed by atoms with Crippen LogP contribution in [0.3, 0.4) is 0 Å². The molecule has 1 aliphatic heterocycles. The molecule has 0 bridgehead atoms. The number of benzene rings is 2. The van der Waals surface area contributed by atoms with Gasteiger partial charge in [0, 0.05) is 17.6 Å².